The normalized spacial score (nSPS) is 15.4. The zero-order valence-corrected chi connectivity index (χ0v) is 16.4. The summed E-state index contributed by atoms with van der Waals surface area (Å²) in [5.74, 6) is 0.123. The van der Waals surface area contributed by atoms with Crippen LogP contribution in [0, 0.1) is 5.92 Å². The lowest BCUT2D eigenvalue weighted by Crippen LogP contribution is -2.28. The highest BCUT2D eigenvalue weighted by atomic mass is 16.7. The van der Waals surface area contributed by atoms with Gasteiger partial charge in [-0.25, -0.2) is 0 Å². The third-order valence-electron chi connectivity index (χ3n) is 4.84. The Bertz CT molecular complexity index is 300. The number of unbranched alkanes of at least 4 members (excludes halogenated alkanes) is 12. The van der Waals surface area contributed by atoms with Crippen LogP contribution < -0.4 is 0 Å². The van der Waals surface area contributed by atoms with Crippen LogP contribution in [0.15, 0.2) is 0 Å². The van der Waals surface area contributed by atoms with Gasteiger partial charge in [0.25, 0.3) is 0 Å². The number of rotatable bonds is 16. The summed E-state index contributed by atoms with van der Waals surface area (Å²) in [6.45, 7) is 4.32. The molecule has 1 rings (SSSR count). The van der Waals surface area contributed by atoms with Gasteiger partial charge in [0.1, 0.15) is 6.79 Å². The fraction of sp³-hybridized carbons (Fsp3) is 0.952. The lowest BCUT2D eigenvalue weighted by molar-refractivity contribution is -0.158. The lowest BCUT2D eigenvalue weighted by atomic mass is 10.0. The van der Waals surface area contributed by atoms with Crippen LogP contribution in [0.25, 0.3) is 0 Å². The summed E-state index contributed by atoms with van der Waals surface area (Å²) in [5, 5.41) is 0. The van der Waals surface area contributed by atoms with Gasteiger partial charge in [-0.15, -0.1) is 0 Å². The standard InChI is InChI=1S/C21H40O4/c1-2-3-4-5-6-7-8-9-10-11-12-13-14-15-21(22)25-18-20-16-23-19-24-17-20/h20H,2-19H2,1H3. The molecule has 25 heavy (non-hydrogen) atoms. The SMILES string of the molecule is CCCCCCCCCCCCCCCC(=O)OCC1COCOC1. The summed E-state index contributed by atoms with van der Waals surface area (Å²) in [4.78, 5) is 11.7. The van der Waals surface area contributed by atoms with Gasteiger partial charge >= 0.3 is 5.97 Å². The van der Waals surface area contributed by atoms with Crippen molar-refractivity contribution in [3.05, 3.63) is 0 Å². The zero-order chi connectivity index (χ0) is 18.0. The molecule has 0 aromatic carbocycles. The van der Waals surface area contributed by atoms with Crippen LogP contribution in [0.4, 0.5) is 0 Å². The third-order valence-corrected chi connectivity index (χ3v) is 4.84. The van der Waals surface area contributed by atoms with Crippen LogP contribution in [0.1, 0.15) is 96.8 Å². The van der Waals surface area contributed by atoms with E-state index in [1.807, 2.05) is 0 Å². The molecule has 1 aliphatic heterocycles. The van der Waals surface area contributed by atoms with E-state index in [4.69, 9.17) is 14.2 Å². The smallest absolute Gasteiger partial charge is 0.305 e. The van der Waals surface area contributed by atoms with Crippen molar-refractivity contribution in [2.75, 3.05) is 26.6 Å². The van der Waals surface area contributed by atoms with Crippen LogP contribution in [0.3, 0.4) is 0 Å². The summed E-state index contributed by atoms with van der Waals surface area (Å²) in [5.41, 5.74) is 0. The molecule has 4 heteroatoms. The summed E-state index contributed by atoms with van der Waals surface area (Å²) in [6, 6.07) is 0. The number of ether oxygens (including phenoxy) is 3. The van der Waals surface area contributed by atoms with E-state index < -0.39 is 0 Å². The predicted octanol–water partition coefficient (Wildman–Crippen LogP) is 5.63. The molecular formula is C21H40O4. The van der Waals surface area contributed by atoms with Gasteiger partial charge in [0.05, 0.1) is 19.8 Å². The summed E-state index contributed by atoms with van der Waals surface area (Å²) >= 11 is 0. The molecule has 0 amide bonds. The average Bonchev–Trinajstić information content (AvgIpc) is 2.64. The van der Waals surface area contributed by atoms with Crippen LogP contribution in [0.2, 0.25) is 0 Å². The molecule has 148 valence electrons. The largest absolute Gasteiger partial charge is 0.465 e. The van der Waals surface area contributed by atoms with Crippen molar-refractivity contribution in [1.82, 2.24) is 0 Å². The second-order valence-electron chi connectivity index (χ2n) is 7.40. The minimum Gasteiger partial charge on any atom is -0.465 e. The molecule has 0 saturated carbocycles. The topological polar surface area (TPSA) is 44.8 Å². The number of carbonyl (C=O) groups excluding carboxylic acids is 1. The highest BCUT2D eigenvalue weighted by Crippen LogP contribution is 2.13. The molecule has 0 aromatic heterocycles. The number of hydrogen-bond acceptors (Lipinski definition) is 4. The molecule has 0 aromatic rings. The first kappa shape index (κ1) is 22.4. The molecule has 0 atom stereocenters. The second kappa shape index (κ2) is 16.8. The Morgan fingerprint density at radius 2 is 1.28 bits per heavy atom. The maximum Gasteiger partial charge on any atom is 0.305 e. The fourth-order valence-corrected chi connectivity index (χ4v) is 3.20. The number of hydrogen-bond donors (Lipinski definition) is 0. The Hall–Kier alpha value is -0.610. The molecule has 0 N–H and O–H groups in total. The van der Waals surface area contributed by atoms with Crippen LogP contribution in [-0.2, 0) is 19.0 Å². The molecule has 0 bridgehead atoms. The highest BCUT2D eigenvalue weighted by Gasteiger charge is 2.16. The van der Waals surface area contributed by atoms with Gasteiger partial charge in [0.15, 0.2) is 0 Å². The quantitative estimate of drug-likeness (QED) is 0.265. The first-order valence-corrected chi connectivity index (χ1v) is 10.6. The van der Waals surface area contributed by atoms with E-state index in [1.165, 1.54) is 70.6 Å². The molecule has 0 unspecified atom stereocenters. The van der Waals surface area contributed by atoms with E-state index in [-0.39, 0.29) is 11.9 Å². The Kier molecular flexibility index (Phi) is 15.1. The monoisotopic (exact) mass is 356 g/mol. The van der Waals surface area contributed by atoms with E-state index in [9.17, 15) is 4.79 Å². The van der Waals surface area contributed by atoms with Crippen molar-refractivity contribution >= 4 is 5.97 Å². The molecule has 0 spiro atoms. The van der Waals surface area contributed by atoms with E-state index in [1.54, 1.807) is 0 Å². The van der Waals surface area contributed by atoms with E-state index >= 15 is 0 Å². The van der Waals surface area contributed by atoms with Crippen molar-refractivity contribution in [1.29, 1.82) is 0 Å². The third kappa shape index (κ3) is 14.3. The van der Waals surface area contributed by atoms with Crippen LogP contribution >= 0.6 is 0 Å². The molecule has 1 aliphatic rings. The van der Waals surface area contributed by atoms with Crippen molar-refractivity contribution in [2.45, 2.75) is 96.8 Å². The van der Waals surface area contributed by atoms with Crippen molar-refractivity contribution < 1.29 is 19.0 Å². The summed E-state index contributed by atoms with van der Waals surface area (Å²) < 4.78 is 15.7. The lowest BCUT2D eigenvalue weighted by Gasteiger charge is -2.21. The molecule has 1 fully saturated rings. The second-order valence-corrected chi connectivity index (χ2v) is 7.40. The first-order chi connectivity index (χ1) is 12.3. The van der Waals surface area contributed by atoms with E-state index in [0.29, 0.717) is 33.0 Å². The highest BCUT2D eigenvalue weighted by molar-refractivity contribution is 5.69. The average molecular weight is 357 g/mol. The maximum absolute atomic E-state index is 11.7. The number of esters is 1. The van der Waals surface area contributed by atoms with E-state index in [2.05, 4.69) is 6.92 Å². The molecular weight excluding hydrogens is 316 g/mol. The Morgan fingerprint density at radius 1 is 0.800 bits per heavy atom. The van der Waals surface area contributed by atoms with Gasteiger partial charge in [-0.3, -0.25) is 4.79 Å². The van der Waals surface area contributed by atoms with Crippen molar-refractivity contribution in [3.8, 4) is 0 Å². The van der Waals surface area contributed by atoms with Gasteiger partial charge in [0.2, 0.25) is 0 Å². The zero-order valence-electron chi connectivity index (χ0n) is 16.4. The molecule has 4 nitrogen and oxygen atoms in total. The Morgan fingerprint density at radius 3 is 1.80 bits per heavy atom. The fourth-order valence-electron chi connectivity index (χ4n) is 3.20. The van der Waals surface area contributed by atoms with E-state index in [0.717, 1.165) is 12.8 Å². The minimum absolute atomic E-state index is 0.0753. The Balaban J connectivity index is 1.75. The minimum atomic E-state index is -0.0753. The van der Waals surface area contributed by atoms with Crippen molar-refractivity contribution in [2.24, 2.45) is 5.92 Å². The van der Waals surface area contributed by atoms with Gasteiger partial charge in [0, 0.05) is 12.3 Å². The van der Waals surface area contributed by atoms with Gasteiger partial charge < -0.3 is 14.2 Å². The van der Waals surface area contributed by atoms with Crippen LogP contribution in [0.5, 0.6) is 0 Å². The Labute approximate surface area is 155 Å². The van der Waals surface area contributed by atoms with Gasteiger partial charge in [-0.05, 0) is 6.42 Å². The van der Waals surface area contributed by atoms with Gasteiger partial charge in [-0.2, -0.15) is 0 Å². The summed E-state index contributed by atoms with van der Waals surface area (Å²) in [6.07, 6.45) is 17.7. The van der Waals surface area contributed by atoms with Gasteiger partial charge in [-0.1, -0.05) is 84.0 Å². The molecule has 0 radical (unpaired) electrons. The molecule has 1 saturated heterocycles. The number of carbonyl (C=O) groups is 1. The molecule has 0 aliphatic carbocycles. The first-order valence-electron chi connectivity index (χ1n) is 10.6. The van der Waals surface area contributed by atoms with Crippen LogP contribution in [-0.4, -0.2) is 32.6 Å². The molecule has 1 heterocycles. The van der Waals surface area contributed by atoms with Crippen molar-refractivity contribution in [3.63, 3.8) is 0 Å². The predicted molar refractivity (Wildman–Crippen MR) is 102 cm³/mol. The maximum atomic E-state index is 11.7. The summed E-state index contributed by atoms with van der Waals surface area (Å²) in [7, 11) is 0.